The molecule has 0 fully saturated rings. The number of alkyl halides is 3. The van der Waals surface area contributed by atoms with E-state index in [0.29, 0.717) is 11.8 Å². The first kappa shape index (κ1) is 21.2. The monoisotopic (exact) mass is 420 g/mol. The Morgan fingerprint density at radius 3 is 2.48 bits per heavy atom. The number of carbonyl (C=O) groups excluding carboxylic acids is 1. The van der Waals surface area contributed by atoms with Crippen LogP contribution in [0.3, 0.4) is 0 Å². The summed E-state index contributed by atoms with van der Waals surface area (Å²) in [6.45, 7) is 1.58. The van der Waals surface area contributed by atoms with E-state index in [4.69, 9.17) is 11.6 Å². The second-order valence-electron chi connectivity index (χ2n) is 5.70. The zero-order valence-electron chi connectivity index (χ0n) is 14.1. The zero-order chi connectivity index (χ0) is 20.2. The minimum Gasteiger partial charge on any atom is -0.326 e. The van der Waals surface area contributed by atoms with Crippen LogP contribution in [0.25, 0.3) is 0 Å². The molecule has 1 amide bonds. The number of anilines is 1. The Morgan fingerprint density at radius 2 is 1.85 bits per heavy atom. The van der Waals surface area contributed by atoms with Crippen molar-refractivity contribution in [2.75, 3.05) is 11.9 Å². The van der Waals surface area contributed by atoms with Crippen molar-refractivity contribution in [2.45, 2.75) is 24.4 Å². The average molecular weight is 421 g/mol. The molecule has 0 aliphatic heterocycles. The minimum atomic E-state index is -4.78. The highest BCUT2D eigenvalue weighted by Gasteiger charge is 2.34. The first-order chi connectivity index (χ1) is 12.5. The predicted molar refractivity (Wildman–Crippen MR) is 96.1 cm³/mol. The molecule has 2 N–H and O–H groups in total. The van der Waals surface area contributed by atoms with E-state index in [2.05, 4.69) is 10.0 Å². The lowest BCUT2D eigenvalue weighted by Gasteiger charge is -2.12. The van der Waals surface area contributed by atoms with Crippen LogP contribution in [0, 0.1) is 6.92 Å². The van der Waals surface area contributed by atoms with Gasteiger partial charge in [-0.05, 0) is 42.8 Å². The molecule has 0 unspecified atom stereocenters. The summed E-state index contributed by atoms with van der Waals surface area (Å²) < 4.78 is 65.0. The van der Waals surface area contributed by atoms with Crippen molar-refractivity contribution < 1.29 is 26.4 Å². The quantitative estimate of drug-likeness (QED) is 0.742. The summed E-state index contributed by atoms with van der Waals surface area (Å²) in [7, 11) is -4.22. The van der Waals surface area contributed by atoms with Gasteiger partial charge in [0.1, 0.15) is 0 Å². The molecule has 0 aromatic heterocycles. The van der Waals surface area contributed by atoms with Crippen LogP contribution in [-0.4, -0.2) is 20.9 Å². The number of sulfonamides is 1. The van der Waals surface area contributed by atoms with Crippen LogP contribution >= 0.6 is 11.6 Å². The van der Waals surface area contributed by atoms with Gasteiger partial charge in [-0.25, -0.2) is 13.1 Å². The summed E-state index contributed by atoms with van der Waals surface area (Å²) in [4.78, 5) is 11.3. The van der Waals surface area contributed by atoms with Crippen molar-refractivity contribution in [1.82, 2.24) is 4.72 Å². The summed E-state index contributed by atoms with van der Waals surface area (Å²) in [5.41, 5.74) is 0.260. The third kappa shape index (κ3) is 5.95. The van der Waals surface area contributed by atoms with Gasteiger partial charge >= 0.3 is 6.18 Å². The van der Waals surface area contributed by atoms with Crippen molar-refractivity contribution in [3.8, 4) is 0 Å². The SMILES string of the molecule is Cc1cccc(NC(=O)CCNS(=O)(=O)c2ccc(Cl)c(C(F)(F)F)c2)c1. The van der Waals surface area contributed by atoms with Gasteiger partial charge in [0.25, 0.3) is 0 Å². The maximum absolute atomic E-state index is 12.9. The lowest BCUT2D eigenvalue weighted by Crippen LogP contribution is -2.28. The molecule has 146 valence electrons. The molecule has 0 saturated heterocycles. The van der Waals surface area contributed by atoms with Crippen LogP contribution in [-0.2, 0) is 21.0 Å². The minimum absolute atomic E-state index is 0.188. The van der Waals surface area contributed by atoms with E-state index in [1.165, 1.54) is 0 Å². The lowest BCUT2D eigenvalue weighted by atomic mass is 10.2. The lowest BCUT2D eigenvalue weighted by molar-refractivity contribution is -0.137. The molecule has 0 spiro atoms. The Bertz CT molecular complexity index is 947. The molecule has 2 aromatic carbocycles. The number of hydrogen-bond donors (Lipinski definition) is 2. The van der Waals surface area contributed by atoms with Crippen LogP contribution in [0.5, 0.6) is 0 Å². The van der Waals surface area contributed by atoms with E-state index in [1.807, 2.05) is 13.0 Å². The van der Waals surface area contributed by atoms with E-state index in [-0.39, 0.29) is 13.0 Å². The number of aryl methyl sites for hydroxylation is 1. The van der Waals surface area contributed by atoms with Crippen LogP contribution in [0.15, 0.2) is 47.4 Å². The third-order valence-corrected chi connectivity index (χ3v) is 5.29. The molecule has 10 heteroatoms. The Hall–Kier alpha value is -2.10. The molecule has 27 heavy (non-hydrogen) atoms. The number of hydrogen-bond acceptors (Lipinski definition) is 3. The Morgan fingerprint density at radius 1 is 1.15 bits per heavy atom. The summed E-state index contributed by atoms with van der Waals surface area (Å²) >= 11 is 5.48. The Kier molecular flexibility index (Phi) is 6.50. The smallest absolute Gasteiger partial charge is 0.326 e. The number of halogens is 4. The van der Waals surface area contributed by atoms with Gasteiger partial charge in [0, 0.05) is 18.7 Å². The maximum Gasteiger partial charge on any atom is 0.417 e. The van der Waals surface area contributed by atoms with Crippen molar-refractivity contribution in [3.63, 3.8) is 0 Å². The molecular formula is C17H16ClF3N2O3S. The highest BCUT2D eigenvalue weighted by Crippen LogP contribution is 2.35. The molecule has 0 atom stereocenters. The Balaban J connectivity index is 2.00. The molecule has 5 nitrogen and oxygen atoms in total. The topological polar surface area (TPSA) is 75.3 Å². The molecule has 2 aromatic rings. The summed E-state index contributed by atoms with van der Waals surface area (Å²) in [5, 5.41) is 2.01. The number of amides is 1. The highest BCUT2D eigenvalue weighted by molar-refractivity contribution is 7.89. The fourth-order valence-corrected chi connectivity index (χ4v) is 3.50. The van der Waals surface area contributed by atoms with E-state index >= 15 is 0 Å². The van der Waals surface area contributed by atoms with E-state index in [1.54, 1.807) is 18.2 Å². The van der Waals surface area contributed by atoms with Crippen LogP contribution < -0.4 is 10.0 Å². The highest BCUT2D eigenvalue weighted by atomic mass is 35.5. The normalized spacial score (nSPS) is 12.0. The summed E-state index contributed by atoms with van der Waals surface area (Å²) in [5.74, 6) is -0.435. The van der Waals surface area contributed by atoms with Gasteiger partial charge in [0.15, 0.2) is 0 Å². The molecule has 0 radical (unpaired) electrons. The second-order valence-corrected chi connectivity index (χ2v) is 7.88. The van der Waals surface area contributed by atoms with Crippen molar-refractivity contribution in [2.24, 2.45) is 0 Å². The van der Waals surface area contributed by atoms with E-state index in [0.717, 1.165) is 17.7 Å². The van der Waals surface area contributed by atoms with E-state index < -0.39 is 37.6 Å². The number of benzene rings is 2. The number of rotatable bonds is 6. The van der Waals surface area contributed by atoms with Gasteiger partial charge in [-0.15, -0.1) is 0 Å². The predicted octanol–water partition coefficient (Wildman–Crippen LogP) is 3.97. The van der Waals surface area contributed by atoms with Crippen LogP contribution in [0.2, 0.25) is 5.02 Å². The van der Waals surface area contributed by atoms with Crippen LogP contribution in [0.4, 0.5) is 18.9 Å². The van der Waals surface area contributed by atoms with Crippen LogP contribution in [0.1, 0.15) is 17.5 Å². The van der Waals surface area contributed by atoms with Gasteiger partial charge in [-0.3, -0.25) is 4.79 Å². The van der Waals surface area contributed by atoms with Gasteiger partial charge in [-0.1, -0.05) is 23.7 Å². The number of nitrogens with one attached hydrogen (secondary N) is 2. The average Bonchev–Trinajstić information content (AvgIpc) is 2.53. The second kappa shape index (κ2) is 8.28. The molecule has 0 saturated carbocycles. The van der Waals surface area contributed by atoms with E-state index in [9.17, 15) is 26.4 Å². The molecule has 0 bridgehead atoms. The Labute approximate surface area is 159 Å². The first-order valence-corrected chi connectivity index (χ1v) is 9.58. The van der Waals surface area contributed by atoms with Crippen molar-refractivity contribution >= 4 is 33.2 Å². The van der Waals surface area contributed by atoms with Gasteiger partial charge in [-0.2, -0.15) is 13.2 Å². The molecule has 0 heterocycles. The molecule has 0 aliphatic carbocycles. The van der Waals surface area contributed by atoms with Gasteiger partial charge < -0.3 is 5.32 Å². The fraction of sp³-hybridized carbons (Fsp3) is 0.235. The maximum atomic E-state index is 12.9. The molecular weight excluding hydrogens is 405 g/mol. The van der Waals surface area contributed by atoms with Gasteiger partial charge in [0.05, 0.1) is 15.5 Å². The first-order valence-electron chi connectivity index (χ1n) is 7.72. The largest absolute Gasteiger partial charge is 0.417 e. The summed E-state index contributed by atoms with van der Waals surface area (Å²) in [6.07, 6.45) is -4.97. The molecule has 2 rings (SSSR count). The molecule has 0 aliphatic rings. The van der Waals surface area contributed by atoms with Crippen molar-refractivity contribution in [1.29, 1.82) is 0 Å². The standard InChI is InChI=1S/C17H16ClF3N2O3S/c1-11-3-2-4-12(9-11)23-16(24)7-8-22-27(25,26)13-5-6-15(18)14(10-13)17(19,20)21/h2-6,9-10,22H,7-8H2,1H3,(H,23,24). The third-order valence-electron chi connectivity index (χ3n) is 3.50. The fourth-order valence-electron chi connectivity index (χ4n) is 2.22. The van der Waals surface area contributed by atoms with Crippen molar-refractivity contribution in [3.05, 3.63) is 58.6 Å². The number of carbonyl (C=O) groups is 1. The van der Waals surface area contributed by atoms with Gasteiger partial charge in [0.2, 0.25) is 15.9 Å². The summed E-state index contributed by atoms with van der Waals surface area (Å²) in [6, 6.07) is 9.32. The zero-order valence-corrected chi connectivity index (χ0v) is 15.7.